The van der Waals surface area contributed by atoms with Crippen LogP contribution in [0.15, 0.2) is 102 Å². The summed E-state index contributed by atoms with van der Waals surface area (Å²) < 4.78 is 0.689. The summed E-state index contributed by atoms with van der Waals surface area (Å²) in [7, 11) is 0. The zero-order chi connectivity index (χ0) is 21.8. The normalized spacial score (nSPS) is 11.5. The highest BCUT2D eigenvalue weighted by Crippen LogP contribution is 2.44. The van der Waals surface area contributed by atoms with E-state index in [4.69, 9.17) is 0 Å². The number of halogens is 1. The van der Waals surface area contributed by atoms with Gasteiger partial charge < -0.3 is 0 Å². The molecule has 0 aromatic heterocycles. The molecule has 4 heteroatoms. The minimum absolute atomic E-state index is 0.0916. The molecule has 0 aliphatic carbocycles. The van der Waals surface area contributed by atoms with Crippen molar-refractivity contribution in [3.05, 3.63) is 112 Å². The zero-order valence-corrected chi connectivity index (χ0v) is 18.5. The van der Waals surface area contributed by atoms with Gasteiger partial charge in [-0.1, -0.05) is 88.7 Å². The Balaban J connectivity index is 1.90. The number of rotatable bonds is 2. The molecule has 0 fully saturated rings. The summed E-state index contributed by atoms with van der Waals surface area (Å²) in [6.45, 7) is 0. The molecule has 6 rings (SSSR count). The molecule has 3 nitrogen and oxygen atoms in total. The lowest BCUT2D eigenvalue weighted by Crippen LogP contribution is -1.94. The third-order valence-corrected chi connectivity index (χ3v) is 6.69. The van der Waals surface area contributed by atoms with Gasteiger partial charge in [-0.25, -0.2) is 0 Å². The van der Waals surface area contributed by atoms with Crippen LogP contribution in [0.3, 0.4) is 0 Å². The van der Waals surface area contributed by atoms with Gasteiger partial charge in [-0.2, -0.15) is 0 Å². The van der Waals surface area contributed by atoms with E-state index in [1.165, 1.54) is 21.5 Å². The minimum atomic E-state index is -0.308. The molecule has 0 N–H and O–H groups in total. The van der Waals surface area contributed by atoms with Crippen molar-refractivity contribution in [3.63, 3.8) is 0 Å². The first-order valence-electron chi connectivity index (χ1n) is 10.3. The second kappa shape index (κ2) is 7.14. The molecule has 6 aromatic rings. The van der Waals surface area contributed by atoms with Crippen LogP contribution in [0.4, 0.5) is 5.69 Å². The predicted molar refractivity (Wildman–Crippen MR) is 136 cm³/mol. The van der Waals surface area contributed by atoms with Crippen LogP contribution in [-0.4, -0.2) is 4.92 Å². The Hall–Kier alpha value is -3.76. The van der Waals surface area contributed by atoms with Crippen LogP contribution in [0.1, 0.15) is 0 Å². The molecule has 0 saturated heterocycles. The third kappa shape index (κ3) is 2.73. The quantitative estimate of drug-likeness (QED) is 0.142. The summed E-state index contributed by atoms with van der Waals surface area (Å²) >= 11 is 3.38. The summed E-state index contributed by atoms with van der Waals surface area (Å²) in [5.41, 5.74) is 1.58. The number of hydrogen-bond donors (Lipinski definition) is 0. The molecule has 0 atom stereocenters. The van der Waals surface area contributed by atoms with E-state index in [0.717, 1.165) is 27.1 Å². The SMILES string of the molecule is O=[N+]([O-])c1cc(Br)ccc1-c1cc2c3ccccc3c3ccccc3c2c2ccccc12. The number of fused-ring (bicyclic) bond motifs is 8. The second-order valence-electron chi connectivity index (χ2n) is 7.90. The third-order valence-electron chi connectivity index (χ3n) is 6.20. The highest BCUT2D eigenvalue weighted by atomic mass is 79.9. The first kappa shape index (κ1) is 19.0. The standard InChI is InChI=1S/C28H16BrNO2/c29-17-13-14-22(27(15-17)30(31)32)25-16-26-20-9-2-1-7-18(20)19-8-3-5-11-23(19)28(26)24-12-6-4-10-21(24)25/h1-16H. The number of nitrogens with zero attached hydrogens (tertiary/aromatic N) is 1. The van der Waals surface area contributed by atoms with E-state index in [-0.39, 0.29) is 10.6 Å². The molecule has 32 heavy (non-hydrogen) atoms. The van der Waals surface area contributed by atoms with Crippen molar-refractivity contribution < 1.29 is 4.92 Å². The highest BCUT2D eigenvalue weighted by Gasteiger charge is 2.20. The Morgan fingerprint density at radius 3 is 1.69 bits per heavy atom. The molecule has 0 aliphatic heterocycles. The van der Waals surface area contributed by atoms with Gasteiger partial charge in [-0.15, -0.1) is 0 Å². The van der Waals surface area contributed by atoms with Gasteiger partial charge in [0, 0.05) is 10.5 Å². The van der Waals surface area contributed by atoms with Crippen molar-refractivity contribution in [2.75, 3.05) is 0 Å². The Kier molecular flexibility index (Phi) is 4.23. The molecule has 0 amide bonds. The van der Waals surface area contributed by atoms with Gasteiger partial charge >= 0.3 is 0 Å². The molecule has 0 aliphatic rings. The molecular formula is C28H16BrNO2. The highest BCUT2D eigenvalue weighted by molar-refractivity contribution is 9.10. The van der Waals surface area contributed by atoms with Crippen LogP contribution >= 0.6 is 15.9 Å². The van der Waals surface area contributed by atoms with Crippen LogP contribution in [0, 0.1) is 10.1 Å². The van der Waals surface area contributed by atoms with Crippen molar-refractivity contribution in [3.8, 4) is 11.1 Å². The largest absolute Gasteiger partial charge is 0.278 e. The molecular weight excluding hydrogens is 462 g/mol. The summed E-state index contributed by atoms with van der Waals surface area (Å²) in [4.78, 5) is 11.6. The van der Waals surface area contributed by atoms with E-state index in [2.05, 4.69) is 76.6 Å². The molecule has 152 valence electrons. The topological polar surface area (TPSA) is 43.1 Å². The number of nitro groups is 1. The predicted octanol–water partition coefficient (Wildman–Crippen LogP) is 8.64. The second-order valence-corrected chi connectivity index (χ2v) is 8.82. The molecule has 0 bridgehead atoms. The molecule has 0 unspecified atom stereocenters. The van der Waals surface area contributed by atoms with E-state index >= 15 is 0 Å². The Bertz CT molecular complexity index is 1720. The summed E-state index contributed by atoms with van der Waals surface area (Å²) in [6, 6.07) is 32.5. The van der Waals surface area contributed by atoms with Crippen LogP contribution in [0.25, 0.3) is 54.2 Å². The van der Waals surface area contributed by atoms with Gasteiger partial charge in [0.15, 0.2) is 0 Å². The van der Waals surface area contributed by atoms with Gasteiger partial charge in [0.2, 0.25) is 0 Å². The van der Waals surface area contributed by atoms with Crippen LogP contribution in [0.5, 0.6) is 0 Å². The maximum Gasteiger partial charge on any atom is 0.278 e. The monoisotopic (exact) mass is 477 g/mol. The first-order valence-corrected chi connectivity index (χ1v) is 11.1. The number of benzene rings is 6. The minimum Gasteiger partial charge on any atom is -0.258 e. The zero-order valence-electron chi connectivity index (χ0n) is 16.9. The Labute approximate surface area is 192 Å². The van der Waals surface area contributed by atoms with Gasteiger partial charge in [-0.05, 0) is 66.9 Å². The lowest BCUT2D eigenvalue weighted by Gasteiger charge is -2.16. The molecule has 0 spiro atoms. The van der Waals surface area contributed by atoms with Crippen molar-refractivity contribution in [1.82, 2.24) is 0 Å². The van der Waals surface area contributed by atoms with Gasteiger partial charge in [0.1, 0.15) is 0 Å². The first-order chi connectivity index (χ1) is 15.6. The lowest BCUT2D eigenvalue weighted by molar-refractivity contribution is -0.384. The van der Waals surface area contributed by atoms with E-state index in [9.17, 15) is 10.1 Å². The summed E-state index contributed by atoms with van der Waals surface area (Å²) in [6.07, 6.45) is 0. The van der Waals surface area contributed by atoms with E-state index < -0.39 is 0 Å². The fourth-order valence-electron chi connectivity index (χ4n) is 4.87. The fraction of sp³-hybridized carbons (Fsp3) is 0. The molecule has 0 heterocycles. The van der Waals surface area contributed by atoms with E-state index in [1.54, 1.807) is 6.07 Å². The van der Waals surface area contributed by atoms with Crippen molar-refractivity contribution in [1.29, 1.82) is 0 Å². The van der Waals surface area contributed by atoms with Crippen molar-refractivity contribution >= 4 is 64.7 Å². The summed E-state index contributed by atoms with van der Waals surface area (Å²) in [5, 5.41) is 21.0. The van der Waals surface area contributed by atoms with E-state index in [0.29, 0.717) is 10.0 Å². The van der Waals surface area contributed by atoms with Crippen LogP contribution in [-0.2, 0) is 0 Å². The average molecular weight is 478 g/mol. The van der Waals surface area contributed by atoms with Crippen molar-refractivity contribution in [2.45, 2.75) is 0 Å². The molecule has 0 saturated carbocycles. The lowest BCUT2D eigenvalue weighted by atomic mass is 9.87. The van der Waals surface area contributed by atoms with Crippen LogP contribution in [0.2, 0.25) is 0 Å². The number of hydrogen-bond acceptors (Lipinski definition) is 2. The van der Waals surface area contributed by atoms with Gasteiger partial charge in [-0.3, -0.25) is 10.1 Å². The van der Waals surface area contributed by atoms with E-state index in [1.807, 2.05) is 30.3 Å². The maximum atomic E-state index is 11.9. The average Bonchev–Trinajstić information content (AvgIpc) is 2.83. The van der Waals surface area contributed by atoms with Gasteiger partial charge in [0.05, 0.1) is 10.5 Å². The Morgan fingerprint density at radius 2 is 1.06 bits per heavy atom. The maximum absolute atomic E-state index is 11.9. The molecule has 6 aromatic carbocycles. The van der Waals surface area contributed by atoms with Crippen LogP contribution < -0.4 is 0 Å². The number of nitro benzene ring substituents is 1. The fourth-order valence-corrected chi connectivity index (χ4v) is 5.22. The Morgan fingerprint density at radius 1 is 0.562 bits per heavy atom. The summed E-state index contributed by atoms with van der Waals surface area (Å²) in [5.74, 6) is 0. The smallest absolute Gasteiger partial charge is 0.258 e. The van der Waals surface area contributed by atoms with Gasteiger partial charge in [0.25, 0.3) is 5.69 Å². The molecule has 0 radical (unpaired) electrons. The van der Waals surface area contributed by atoms with Crippen molar-refractivity contribution in [2.24, 2.45) is 0 Å².